The van der Waals surface area contributed by atoms with Crippen LogP contribution in [0.5, 0.6) is 0 Å². The fraction of sp³-hybridized carbons (Fsp3) is 0.733. The molecule has 110 valence electrons. The summed E-state index contributed by atoms with van der Waals surface area (Å²) in [5, 5.41) is 0. The van der Waals surface area contributed by atoms with Gasteiger partial charge in [0.25, 0.3) is 0 Å². The van der Waals surface area contributed by atoms with Crippen molar-refractivity contribution in [1.29, 1.82) is 0 Å². The van der Waals surface area contributed by atoms with Crippen LogP contribution in [-0.2, 0) is 23.8 Å². The van der Waals surface area contributed by atoms with E-state index in [0.717, 1.165) is 25.7 Å². The molecule has 1 aliphatic heterocycles. The van der Waals surface area contributed by atoms with Crippen LogP contribution >= 0.6 is 0 Å². The molecule has 5 nitrogen and oxygen atoms in total. The minimum Gasteiger partial charge on any atom is -0.469 e. The highest BCUT2D eigenvalue weighted by Gasteiger charge is 2.53. The number of ether oxygens (including phenoxy) is 3. The van der Waals surface area contributed by atoms with E-state index in [1.807, 2.05) is 12.2 Å². The molecule has 5 atom stereocenters. The summed E-state index contributed by atoms with van der Waals surface area (Å²) in [7, 11) is 1.37. The number of fused-ring (bicyclic) bond motifs is 2. The molecule has 1 heterocycles. The maximum Gasteiger partial charge on any atom is 0.312 e. The minimum absolute atomic E-state index is 0.0974. The fourth-order valence-electron chi connectivity index (χ4n) is 3.61. The first-order chi connectivity index (χ1) is 9.70. The third-order valence-electron chi connectivity index (χ3n) is 4.59. The van der Waals surface area contributed by atoms with Crippen LogP contribution in [0.15, 0.2) is 12.2 Å². The summed E-state index contributed by atoms with van der Waals surface area (Å²) in [5.74, 6) is -1.23. The smallest absolute Gasteiger partial charge is 0.312 e. The van der Waals surface area contributed by atoms with Crippen LogP contribution in [0.1, 0.15) is 25.7 Å². The number of allylic oxidation sites excluding steroid dienone is 2. The average molecular weight is 280 g/mol. The maximum atomic E-state index is 12.4. The van der Waals surface area contributed by atoms with E-state index in [1.54, 1.807) is 0 Å². The van der Waals surface area contributed by atoms with E-state index in [0.29, 0.717) is 6.61 Å². The number of rotatable bonds is 3. The lowest BCUT2D eigenvalue weighted by atomic mass is 9.83. The average Bonchev–Trinajstić information content (AvgIpc) is 3.08. The van der Waals surface area contributed by atoms with Crippen molar-refractivity contribution >= 4 is 11.9 Å². The van der Waals surface area contributed by atoms with Gasteiger partial charge in [0.05, 0.1) is 25.6 Å². The minimum atomic E-state index is -0.447. The molecular weight excluding hydrogens is 260 g/mol. The second-order valence-electron chi connectivity index (χ2n) is 5.76. The Morgan fingerprint density at radius 2 is 1.80 bits per heavy atom. The van der Waals surface area contributed by atoms with Crippen molar-refractivity contribution < 1.29 is 23.8 Å². The summed E-state index contributed by atoms with van der Waals surface area (Å²) in [4.78, 5) is 24.3. The maximum absolute atomic E-state index is 12.4. The molecule has 0 aromatic rings. The van der Waals surface area contributed by atoms with Gasteiger partial charge < -0.3 is 14.2 Å². The Bertz CT molecular complexity index is 424. The Balaban J connectivity index is 1.69. The summed E-state index contributed by atoms with van der Waals surface area (Å²) >= 11 is 0. The van der Waals surface area contributed by atoms with E-state index in [-0.39, 0.29) is 23.8 Å². The van der Waals surface area contributed by atoms with Crippen molar-refractivity contribution in [3.05, 3.63) is 12.2 Å². The molecule has 0 aromatic heterocycles. The highest BCUT2D eigenvalue weighted by atomic mass is 16.7. The largest absolute Gasteiger partial charge is 0.469 e. The third-order valence-corrected chi connectivity index (χ3v) is 4.59. The Hall–Kier alpha value is -1.36. The molecule has 1 saturated heterocycles. The standard InChI is InChI=1S/C15H20O5/c1-18-14(16)12-9-5-6-10(8-9)13(12)15(17)20-11-4-2-3-7-19-11/h5-6,9-13H,2-4,7-8H2,1H3. The van der Waals surface area contributed by atoms with Gasteiger partial charge in [-0.3, -0.25) is 9.59 Å². The fourth-order valence-corrected chi connectivity index (χ4v) is 3.61. The van der Waals surface area contributed by atoms with Crippen LogP contribution in [0.3, 0.4) is 0 Å². The lowest BCUT2D eigenvalue weighted by Crippen LogP contribution is -2.37. The van der Waals surface area contributed by atoms with E-state index in [4.69, 9.17) is 14.2 Å². The van der Waals surface area contributed by atoms with Gasteiger partial charge in [-0.25, -0.2) is 0 Å². The topological polar surface area (TPSA) is 61.8 Å². The second-order valence-corrected chi connectivity index (χ2v) is 5.76. The molecule has 0 radical (unpaired) electrons. The first kappa shape index (κ1) is 13.6. The molecule has 1 saturated carbocycles. The van der Waals surface area contributed by atoms with E-state index < -0.39 is 18.1 Å². The zero-order valence-electron chi connectivity index (χ0n) is 11.6. The molecule has 3 aliphatic rings. The van der Waals surface area contributed by atoms with Crippen LogP contribution < -0.4 is 0 Å². The zero-order valence-corrected chi connectivity index (χ0v) is 11.6. The molecule has 0 N–H and O–H groups in total. The van der Waals surface area contributed by atoms with Crippen LogP contribution in [0.4, 0.5) is 0 Å². The van der Waals surface area contributed by atoms with Gasteiger partial charge in [-0.2, -0.15) is 0 Å². The molecule has 20 heavy (non-hydrogen) atoms. The molecule has 0 spiro atoms. The summed E-state index contributed by atoms with van der Waals surface area (Å²) < 4.78 is 15.7. The highest BCUT2D eigenvalue weighted by Crippen LogP contribution is 2.49. The molecule has 0 amide bonds. The monoisotopic (exact) mass is 280 g/mol. The van der Waals surface area contributed by atoms with E-state index >= 15 is 0 Å². The number of esters is 2. The van der Waals surface area contributed by atoms with Crippen molar-refractivity contribution in [2.75, 3.05) is 13.7 Å². The van der Waals surface area contributed by atoms with Gasteiger partial charge >= 0.3 is 11.9 Å². The van der Waals surface area contributed by atoms with Crippen LogP contribution in [-0.4, -0.2) is 31.9 Å². The molecule has 0 aromatic carbocycles. The SMILES string of the molecule is COC(=O)C1C2C=CC(C2)C1C(=O)OC1CCCCO1. The predicted molar refractivity (Wildman–Crippen MR) is 69.4 cm³/mol. The zero-order chi connectivity index (χ0) is 14.1. The molecule has 3 rings (SSSR count). The van der Waals surface area contributed by atoms with Gasteiger partial charge in [-0.05, 0) is 31.1 Å². The van der Waals surface area contributed by atoms with Gasteiger partial charge in [0, 0.05) is 6.42 Å². The van der Waals surface area contributed by atoms with Crippen molar-refractivity contribution in [2.24, 2.45) is 23.7 Å². The van der Waals surface area contributed by atoms with Crippen LogP contribution in [0, 0.1) is 23.7 Å². The predicted octanol–water partition coefficient (Wildman–Crippen LogP) is 1.67. The van der Waals surface area contributed by atoms with Crippen LogP contribution in [0.2, 0.25) is 0 Å². The number of hydrogen-bond donors (Lipinski definition) is 0. The van der Waals surface area contributed by atoms with Gasteiger partial charge in [0.1, 0.15) is 0 Å². The van der Waals surface area contributed by atoms with Crippen LogP contribution in [0.25, 0.3) is 0 Å². The Morgan fingerprint density at radius 1 is 1.10 bits per heavy atom. The normalized spacial score (nSPS) is 38.8. The summed E-state index contributed by atoms with van der Waals surface area (Å²) in [6.07, 6.45) is 7.20. The Morgan fingerprint density at radius 3 is 2.40 bits per heavy atom. The molecule has 2 fully saturated rings. The lowest BCUT2D eigenvalue weighted by molar-refractivity contribution is -0.194. The van der Waals surface area contributed by atoms with Gasteiger partial charge in [-0.15, -0.1) is 0 Å². The third kappa shape index (κ3) is 2.35. The van der Waals surface area contributed by atoms with Gasteiger partial charge in [0.2, 0.25) is 6.29 Å². The van der Waals surface area contributed by atoms with Gasteiger partial charge in [0.15, 0.2) is 0 Å². The highest BCUT2D eigenvalue weighted by molar-refractivity contribution is 5.84. The molecule has 2 aliphatic carbocycles. The van der Waals surface area contributed by atoms with E-state index in [2.05, 4.69) is 0 Å². The summed E-state index contributed by atoms with van der Waals surface area (Å²) in [5.41, 5.74) is 0. The van der Waals surface area contributed by atoms with E-state index in [1.165, 1.54) is 7.11 Å². The van der Waals surface area contributed by atoms with E-state index in [9.17, 15) is 9.59 Å². The Labute approximate surface area is 118 Å². The number of hydrogen-bond acceptors (Lipinski definition) is 5. The van der Waals surface area contributed by atoms with Crippen molar-refractivity contribution in [2.45, 2.75) is 32.0 Å². The second kappa shape index (κ2) is 5.56. The van der Waals surface area contributed by atoms with Crippen molar-refractivity contribution in [1.82, 2.24) is 0 Å². The first-order valence-electron chi connectivity index (χ1n) is 7.29. The summed E-state index contributed by atoms with van der Waals surface area (Å²) in [6, 6.07) is 0. The quantitative estimate of drug-likeness (QED) is 0.581. The Kier molecular flexibility index (Phi) is 3.78. The van der Waals surface area contributed by atoms with Crippen molar-refractivity contribution in [3.8, 4) is 0 Å². The molecule has 2 bridgehead atoms. The number of methoxy groups -OCH3 is 1. The lowest BCUT2D eigenvalue weighted by Gasteiger charge is -2.28. The van der Waals surface area contributed by atoms with Crippen molar-refractivity contribution in [3.63, 3.8) is 0 Å². The first-order valence-corrected chi connectivity index (χ1v) is 7.29. The molecular formula is C15H20O5. The number of carbonyl (C=O) groups excluding carboxylic acids is 2. The molecule has 5 unspecified atom stereocenters. The molecule has 5 heteroatoms. The van der Waals surface area contributed by atoms with Gasteiger partial charge in [-0.1, -0.05) is 12.2 Å². The summed E-state index contributed by atoms with van der Waals surface area (Å²) in [6.45, 7) is 0.634. The number of carbonyl (C=O) groups is 2.